The molecule has 1 fully saturated rings. The molecule has 1 aliphatic carbocycles. The van der Waals surface area contributed by atoms with E-state index in [4.69, 9.17) is 9.15 Å². The third-order valence-electron chi connectivity index (χ3n) is 7.23. The first kappa shape index (κ1) is 25.4. The molecule has 196 valence electrons. The number of carbonyl (C=O) groups excluding carboxylic acids is 1. The van der Waals surface area contributed by atoms with Crippen LogP contribution in [0.1, 0.15) is 71.1 Å². The molecule has 9 heteroatoms. The summed E-state index contributed by atoms with van der Waals surface area (Å²) in [4.78, 5) is 23.1. The van der Waals surface area contributed by atoms with E-state index in [1.807, 2.05) is 30.0 Å². The number of aliphatic hydroxyl groups is 2. The van der Waals surface area contributed by atoms with Gasteiger partial charge in [0.15, 0.2) is 17.9 Å². The maximum absolute atomic E-state index is 12.7. The zero-order valence-electron chi connectivity index (χ0n) is 21.1. The van der Waals surface area contributed by atoms with E-state index in [9.17, 15) is 15.0 Å². The van der Waals surface area contributed by atoms with Crippen LogP contribution in [-0.2, 0) is 13.2 Å². The number of fused-ring (bicyclic) bond motifs is 1. The minimum atomic E-state index is -0.688. The molecule has 37 heavy (non-hydrogen) atoms. The number of aromatic nitrogens is 2. The van der Waals surface area contributed by atoms with E-state index < -0.39 is 12.2 Å². The van der Waals surface area contributed by atoms with Crippen LogP contribution >= 0.6 is 0 Å². The van der Waals surface area contributed by atoms with Gasteiger partial charge in [0.05, 0.1) is 17.9 Å². The van der Waals surface area contributed by atoms with Crippen LogP contribution in [0.5, 0.6) is 5.75 Å². The molecule has 0 spiro atoms. The molecule has 3 aromatic rings. The number of hydrogen-bond donors (Lipinski definition) is 3. The highest BCUT2D eigenvalue weighted by Crippen LogP contribution is 2.30. The Labute approximate surface area is 216 Å². The lowest BCUT2D eigenvalue weighted by Gasteiger charge is -2.33. The molecule has 1 aromatic carbocycles. The Kier molecular flexibility index (Phi) is 7.83. The van der Waals surface area contributed by atoms with Crippen LogP contribution in [0.2, 0.25) is 0 Å². The van der Waals surface area contributed by atoms with E-state index in [2.05, 4.69) is 15.3 Å². The van der Waals surface area contributed by atoms with Gasteiger partial charge in [-0.15, -0.1) is 0 Å². The lowest BCUT2D eigenvalue weighted by molar-refractivity contribution is 0.0486. The molecule has 1 aliphatic heterocycles. The molecule has 2 aliphatic rings. The minimum Gasteiger partial charge on any atom is -0.486 e. The molecular formula is C28H34N4O5. The van der Waals surface area contributed by atoms with Gasteiger partial charge in [-0.05, 0) is 68.0 Å². The third-order valence-corrected chi connectivity index (χ3v) is 7.23. The zero-order chi connectivity index (χ0) is 25.8. The van der Waals surface area contributed by atoms with Gasteiger partial charge in [0, 0.05) is 43.9 Å². The average molecular weight is 507 g/mol. The van der Waals surface area contributed by atoms with Crippen molar-refractivity contribution in [2.45, 2.75) is 70.4 Å². The second kappa shape index (κ2) is 11.4. The number of β-amino-alcohol motifs (C(OH)–C–C–N with tert-alkyl or cyclic N) is 2. The van der Waals surface area contributed by atoms with Gasteiger partial charge in [0.1, 0.15) is 18.2 Å². The maximum Gasteiger partial charge on any atom is 0.181 e. The number of pyridine rings is 1. The molecule has 3 N–H and O–H groups in total. The maximum atomic E-state index is 12.7. The topological polar surface area (TPSA) is 121 Å². The second-order valence-electron chi connectivity index (χ2n) is 10.0. The van der Waals surface area contributed by atoms with E-state index >= 15 is 0 Å². The van der Waals surface area contributed by atoms with Crippen LogP contribution < -0.4 is 10.1 Å². The predicted molar refractivity (Wildman–Crippen MR) is 137 cm³/mol. The summed E-state index contributed by atoms with van der Waals surface area (Å²) in [5.74, 6) is 2.06. The van der Waals surface area contributed by atoms with Crippen molar-refractivity contribution in [2.24, 2.45) is 0 Å². The Bertz CT molecular complexity index is 1220. The number of nitrogens with one attached hydrogen (secondary N) is 1. The van der Waals surface area contributed by atoms with Crippen LogP contribution in [-0.4, -0.2) is 56.1 Å². The summed E-state index contributed by atoms with van der Waals surface area (Å²) in [6.07, 6.45) is 5.82. The van der Waals surface area contributed by atoms with Gasteiger partial charge in [-0.1, -0.05) is 6.07 Å². The Balaban J connectivity index is 1.10. The van der Waals surface area contributed by atoms with Crippen molar-refractivity contribution in [2.75, 3.05) is 18.4 Å². The molecule has 3 heterocycles. The van der Waals surface area contributed by atoms with E-state index in [1.54, 1.807) is 18.3 Å². The number of ether oxygens (including phenoxy) is 1. The van der Waals surface area contributed by atoms with Crippen molar-refractivity contribution in [1.82, 2.24) is 14.9 Å². The monoisotopic (exact) mass is 506 g/mol. The Hall–Kier alpha value is -3.27. The number of benzene rings is 1. The summed E-state index contributed by atoms with van der Waals surface area (Å²) in [6.45, 7) is 3.54. The quantitative estimate of drug-likeness (QED) is 0.334. The van der Waals surface area contributed by atoms with Crippen LogP contribution in [0.4, 0.5) is 5.82 Å². The second-order valence-corrected chi connectivity index (χ2v) is 10.0. The Morgan fingerprint density at radius 3 is 2.89 bits per heavy atom. The first-order chi connectivity index (χ1) is 17.9. The number of aliphatic hydroxyl groups excluding tert-OH is 2. The van der Waals surface area contributed by atoms with Crippen molar-refractivity contribution in [3.05, 3.63) is 71.1 Å². The van der Waals surface area contributed by atoms with E-state index in [0.29, 0.717) is 49.2 Å². The molecule has 0 unspecified atom stereocenters. The fourth-order valence-corrected chi connectivity index (χ4v) is 4.79. The molecule has 2 aromatic heterocycles. The lowest BCUT2D eigenvalue weighted by Crippen LogP contribution is -2.38. The van der Waals surface area contributed by atoms with Crippen molar-refractivity contribution < 1.29 is 24.2 Å². The van der Waals surface area contributed by atoms with Gasteiger partial charge in [-0.2, -0.15) is 0 Å². The van der Waals surface area contributed by atoms with Gasteiger partial charge in [0.2, 0.25) is 0 Å². The lowest BCUT2D eigenvalue weighted by atomic mass is 9.93. The summed E-state index contributed by atoms with van der Waals surface area (Å²) in [6, 6.07) is 9.66. The zero-order valence-corrected chi connectivity index (χ0v) is 21.1. The molecular weight excluding hydrogens is 472 g/mol. The molecule has 9 nitrogen and oxygen atoms in total. The van der Waals surface area contributed by atoms with E-state index in [0.717, 1.165) is 35.5 Å². The first-order valence-corrected chi connectivity index (χ1v) is 12.9. The number of anilines is 1. The number of aryl methyl sites for hydroxylation is 1. The van der Waals surface area contributed by atoms with Gasteiger partial charge in [-0.25, -0.2) is 9.97 Å². The number of hydrogen-bond acceptors (Lipinski definition) is 9. The highest BCUT2D eigenvalue weighted by atomic mass is 16.5. The molecule has 0 amide bonds. The van der Waals surface area contributed by atoms with E-state index in [-0.39, 0.29) is 18.8 Å². The summed E-state index contributed by atoms with van der Waals surface area (Å²) >= 11 is 0. The summed E-state index contributed by atoms with van der Waals surface area (Å²) in [7, 11) is 0. The number of rotatable bonds is 11. The SMILES string of the molecule is Cc1ncoc1COc1ccc2c(c1)[C@@H](O)CN(C[C@@H](O)CCC(=O)c1ccnc(NC3CCC3)c1)C2. The fourth-order valence-electron chi connectivity index (χ4n) is 4.79. The fraction of sp³-hybridized carbons (Fsp3) is 0.464. The van der Waals surface area contributed by atoms with Crippen LogP contribution in [0, 0.1) is 6.92 Å². The van der Waals surface area contributed by atoms with Crippen LogP contribution in [0.25, 0.3) is 0 Å². The molecule has 0 saturated heterocycles. The largest absolute Gasteiger partial charge is 0.486 e. The smallest absolute Gasteiger partial charge is 0.181 e. The standard InChI is InChI=1S/C28H34N4O5/c1-18-27(37-17-30-18)16-36-23-7-5-20-13-32(15-26(35)24(20)12-23)14-22(33)6-8-25(34)19-9-10-29-28(11-19)31-21-3-2-4-21/h5,7,9-12,17,21-22,26,33,35H,2-4,6,8,13-16H2,1H3,(H,29,31)/t22-,26-/m0/s1. The molecule has 5 rings (SSSR count). The van der Waals surface area contributed by atoms with Crippen LogP contribution in [0.15, 0.2) is 47.3 Å². The van der Waals surface area contributed by atoms with Crippen molar-refractivity contribution >= 4 is 11.6 Å². The summed E-state index contributed by atoms with van der Waals surface area (Å²) < 4.78 is 11.1. The van der Waals surface area contributed by atoms with Gasteiger partial charge in [0.25, 0.3) is 0 Å². The van der Waals surface area contributed by atoms with E-state index in [1.165, 1.54) is 12.8 Å². The highest BCUT2D eigenvalue weighted by molar-refractivity contribution is 5.96. The predicted octanol–water partition coefficient (Wildman–Crippen LogP) is 3.79. The van der Waals surface area contributed by atoms with Crippen molar-refractivity contribution in [3.63, 3.8) is 0 Å². The third kappa shape index (κ3) is 6.36. The summed E-state index contributed by atoms with van der Waals surface area (Å²) in [5.41, 5.74) is 3.23. The number of Topliss-reactive ketones (excluding diaryl/α,β-unsaturated/α-hetero) is 1. The first-order valence-electron chi connectivity index (χ1n) is 12.9. The van der Waals surface area contributed by atoms with Gasteiger partial charge < -0.3 is 24.7 Å². The average Bonchev–Trinajstić information content (AvgIpc) is 3.28. The Morgan fingerprint density at radius 1 is 1.27 bits per heavy atom. The molecule has 0 bridgehead atoms. The minimum absolute atomic E-state index is 0.00446. The number of carbonyl (C=O) groups is 1. The van der Waals surface area contributed by atoms with Crippen LogP contribution in [0.3, 0.4) is 0 Å². The number of ketones is 1. The van der Waals surface area contributed by atoms with Crippen molar-refractivity contribution in [3.8, 4) is 5.75 Å². The van der Waals surface area contributed by atoms with Gasteiger partial charge in [-0.3, -0.25) is 9.69 Å². The highest BCUT2D eigenvalue weighted by Gasteiger charge is 2.26. The normalized spacial score (nSPS) is 18.6. The van der Waals surface area contributed by atoms with Crippen molar-refractivity contribution in [1.29, 1.82) is 0 Å². The molecule has 2 atom stereocenters. The number of oxazole rings is 1. The number of nitrogens with zero attached hydrogens (tertiary/aromatic N) is 3. The molecule has 1 saturated carbocycles. The van der Waals surface area contributed by atoms with Gasteiger partial charge >= 0.3 is 0 Å². The summed E-state index contributed by atoms with van der Waals surface area (Å²) in [5, 5.41) is 24.8. The molecule has 0 radical (unpaired) electrons. The Morgan fingerprint density at radius 2 is 2.14 bits per heavy atom.